The third kappa shape index (κ3) is 9.71. The maximum absolute atomic E-state index is 6.92. The molecule has 0 aliphatic carbocycles. The molecule has 8 aromatic rings. The molecule has 0 bridgehead atoms. The van der Waals surface area contributed by atoms with E-state index in [9.17, 15) is 0 Å². The molecule has 0 spiro atoms. The summed E-state index contributed by atoms with van der Waals surface area (Å²) in [5.41, 5.74) is 12.0. The summed E-state index contributed by atoms with van der Waals surface area (Å²) in [7, 11) is 0. The van der Waals surface area contributed by atoms with Crippen LogP contribution in [0.5, 0.6) is 11.5 Å². The second kappa shape index (κ2) is 18.0. The monoisotopic (exact) mass is 1030 g/mol. The normalized spacial score (nSPS) is 12.4. The van der Waals surface area contributed by atoms with Crippen LogP contribution in [0.15, 0.2) is 115 Å². The predicted octanol–water partition coefficient (Wildman–Crippen LogP) is 14.4. The molecular weight excluding hydrogens is 964 g/mol. The second-order valence-electron chi connectivity index (χ2n) is 21.3. The fraction of sp³-hybridized carbons (Fsp3) is 0.345. The first-order valence-electron chi connectivity index (χ1n) is 22.7. The molecule has 5 nitrogen and oxygen atoms in total. The number of pyridine rings is 1. The first-order valence-corrected chi connectivity index (χ1v) is 22.7. The van der Waals surface area contributed by atoms with E-state index in [0.29, 0.717) is 23.3 Å². The molecule has 0 unspecified atom stereocenters. The zero-order valence-electron chi connectivity index (χ0n) is 40.1. The molecule has 6 heteroatoms. The third-order valence-electron chi connectivity index (χ3n) is 11.7. The number of rotatable bonds is 10. The molecule has 0 aliphatic heterocycles. The quantitative estimate of drug-likeness (QED) is 0.101. The molecule has 0 fully saturated rings. The Hall–Kier alpha value is -5.25. The molecule has 0 saturated heterocycles. The second-order valence-corrected chi connectivity index (χ2v) is 21.3. The molecule has 5 aromatic carbocycles. The molecule has 8 rings (SSSR count). The maximum Gasteiger partial charge on any atom is 0.267 e. The fourth-order valence-corrected chi connectivity index (χ4v) is 9.00. The maximum atomic E-state index is 6.92. The summed E-state index contributed by atoms with van der Waals surface area (Å²) in [6, 6.07) is 46.4. The Morgan fingerprint density at radius 1 is 0.625 bits per heavy atom. The van der Waals surface area contributed by atoms with E-state index in [2.05, 4.69) is 225 Å². The summed E-state index contributed by atoms with van der Waals surface area (Å²) in [5.74, 6) is 3.15. The molecule has 0 saturated carbocycles. The van der Waals surface area contributed by atoms with E-state index >= 15 is 0 Å². The third-order valence-corrected chi connectivity index (χ3v) is 11.7. The summed E-state index contributed by atoms with van der Waals surface area (Å²) in [6.07, 6.45) is 7.89. The van der Waals surface area contributed by atoms with Crippen LogP contribution >= 0.6 is 0 Å². The molecule has 3 heterocycles. The van der Waals surface area contributed by atoms with Gasteiger partial charge in [0.15, 0.2) is 0 Å². The molecular formula is C58H64N4OPt-2. The molecule has 0 N–H and O–H groups in total. The van der Waals surface area contributed by atoms with Crippen molar-refractivity contribution in [2.24, 2.45) is 11.8 Å². The van der Waals surface area contributed by atoms with Gasteiger partial charge < -0.3 is 13.9 Å². The molecule has 334 valence electrons. The van der Waals surface area contributed by atoms with E-state index in [1.54, 1.807) is 0 Å². The minimum absolute atomic E-state index is 0. The van der Waals surface area contributed by atoms with Crippen molar-refractivity contribution in [1.82, 2.24) is 14.1 Å². The zero-order valence-corrected chi connectivity index (χ0v) is 42.3. The van der Waals surface area contributed by atoms with E-state index in [1.165, 1.54) is 28.1 Å². The van der Waals surface area contributed by atoms with E-state index in [4.69, 9.17) is 9.72 Å². The van der Waals surface area contributed by atoms with Gasteiger partial charge in [0.25, 0.3) is 6.33 Å². The van der Waals surface area contributed by atoms with Crippen LogP contribution < -0.4 is 9.30 Å². The molecule has 0 atom stereocenters. The van der Waals surface area contributed by atoms with Crippen molar-refractivity contribution in [3.63, 3.8) is 0 Å². The van der Waals surface area contributed by atoms with E-state index in [1.807, 2.05) is 12.3 Å². The Morgan fingerprint density at radius 3 is 1.91 bits per heavy atom. The first kappa shape index (κ1) is 46.7. The average molecular weight is 1030 g/mol. The Morgan fingerprint density at radius 2 is 1.28 bits per heavy atom. The summed E-state index contributed by atoms with van der Waals surface area (Å²) in [5, 5.41) is 2.23. The Labute approximate surface area is 396 Å². The minimum atomic E-state index is -0.247. The molecule has 0 radical (unpaired) electrons. The van der Waals surface area contributed by atoms with E-state index in [0.717, 1.165) is 63.0 Å². The van der Waals surface area contributed by atoms with Crippen LogP contribution in [0.4, 0.5) is 0 Å². The number of imidazole rings is 1. The standard InChI is InChI=1S/C58H64N4O.Pt/c1-38(2)27-40-29-41(28-39(3)4)31-45(30-40)60-37-61(55(58(11,12)13)54(60)57(8,9)10)46-32-43(42-19-15-14-16-20-42)33-48(35-46)63-47-23-24-50-49-21-17-18-22-51(49)62(52(50)36-47)53-34-44(25-26-59-53)56(5,6)7;/h14-26,29-34,38-39H,27-28H2,1-13H3;/q-2;. The van der Waals surface area contributed by atoms with Crippen molar-refractivity contribution in [2.45, 2.75) is 119 Å². The molecule has 0 aliphatic rings. The average Bonchev–Trinajstić information content (AvgIpc) is 3.78. The van der Waals surface area contributed by atoms with Crippen LogP contribution in [0.25, 0.3) is 50.1 Å². The van der Waals surface area contributed by atoms with Crippen molar-refractivity contribution in [1.29, 1.82) is 0 Å². The fourth-order valence-electron chi connectivity index (χ4n) is 9.00. The Balaban J connectivity index is 0.00000612. The zero-order chi connectivity index (χ0) is 45.0. The van der Waals surface area contributed by atoms with Crippen LogP contribution in [0.1, 0.15) is 118 Å². The van der Waals surface area contributed by atoms with Gasteiger partial charge in [-0.2, -0.15) is 12.1 Å². The summed E-state index contributed by atoms with van der Waals surface area (Å²) in [4.78, 5) is 4.90. The Bertz CT molecular complexity index is 2900. The number of nitrogens with zero attached hydrogens (tertiary/aromatic N) is 4. The van der Waals surface area contributed by atoms with Gasteiger partial charge in [-0.15, -0.1) is 35.2 Å². The topological polar surface area (TPSA) is 35.9 Å². The van der Waals surface area contributed by atoms with Crippen molar-refractivity contribution in [2.75, 3.05) is 0 Å². The van der Waals surface area contributed by atoms with Crippen LogP contribution in [-0.2, 0) is 50.2 Å². The number of aromatic nitrogens is 4. The van der Waals surface area contributed by atoms with Gasteiger partial charge in [0, 0.05) is 44.3 Å². The van der Waals surface area contributed by atoms with Crippen molar-refractivity contribution in [3.05, 3.63) is 162 Å². The largest absolute Gasteiger partial charge is 0.510 e. The summed E-state index contributed by atoms with van der Waals surface area (Å²) < 4.78 is 13.7. The molecule has 3 aromatic heterocycles. The number of ether oxygens (including phenoxy) is 1. The summed E-state index contributed by atoms with van der Waals surface area (Å²) >= 11 is 0. The van der Waals surface area contributed by atoms with Crippen LogP contribution in [-0.4, -0.2) is 14.1 Å². The van der Waals surface area contributed by atoms with Gasteiger partial charge in [-0.25, -0.2) is 4.98 Å². The van der Waals surface area contributed by atoms with Crippen molar-refractivity contribution >= 4 is 21.8 Å². The molecule has 0 amide bonds. The number of hydrogen-bond donors (Lipinski definition) is 0. The van der Waals surface area contributed by atoms with Gasteiger partial charge in [0.2, 0.25) is 0 Å². The van der Waals surface area contributed by atoms with Crippen molar-refractivity contribution < 1.29 is 30.4 Å². The summed E-state index contributed by atoms with van der Waals surface area (Å²) in [6.45, 7) is 29.8. The smallest absolute Gasteiger partial charge is 0.267 e. The van der Waals surface area contributed by atoms with Gasteiger partial charge >= 0.3 is 0 Å². The van der Waals surface area contributed by atoms with Crippen molar-refractivity contribution in [3.8, 4) is 39.8 Å². The van der Waals surface area contributed by atoms with Crippen LogP contribution in [0.2, 0.25) is 0 Å². The van der Waals surface area contributed by atoms with Gasteiger partial charge in [-0.05, 0) is 93.5 Å². The Kier molecular flexibility index (Phi) is 13.1. The van der Waals surface area contributed by atoms with Crippen LogP contribution in [0.3, 0.4) is 0 Å². The van der Waals surface area contributed by atoms with E-state index < -0.39 is 0 Å². The van der Waals surface area contributed by atoms with Crippen LogP contribution in [0, 0.1) is 30.3 Å². The van der Waals surface area contributed by atoms with E-state index in [-0.39, 0.29) is 37.3 Å². The number of hydrogen-bond acceptors (Lipinski definition) is 2. The SMILES string of the molecule is CC(C)Cc1cc(CC(C)C)cc(-[n+]2[c-]n(-c3[c-]c(Oc4[c-]c5c(cc4)c4ccccc4n5-c4cc(C(C)(C)C)ccn4)cc(-c4ccccc4)c3)c(C(C)(C)C)c2C(C)(C)C)c1.[Pt]. The minimum Gasteiger partial charge on any atom is -0.510 e. The predicted molar refractivity (Wildman–Crippen MR) is 261 cm³/mol. The van der Waals surface area contributed by atoms with Gasteiger partial charge in [-0.3, -0.25) is 4.57 Å². The first-order chi connectivity index (χ1) is 29.7. The number of fused-ring (bicyclic) bond motifs is 3. The number of benzene rings is 5. The van der Waals surface area contributed by atoms with Gasteiger partial charge in [0.05, 0.1) is 17.1 Å². The number of para-hydroxylation sites is 1. The van der Waals surface area contributed by atoms with Gasteiger partial charge in [0.1, 0.15) is 5.82 Å². The molecule has 64 heavy (non-hydrogen) atoms. The van der Waals surface area contributed by atoms with Gasteiger partial charge in [-0.1, -0.05) is 161 Å².